The average Bonchev–Trinajstić information content (AvgIpc) is 3.06. The Morgan fingerprint density at radius 3 is 2.92 bits per heavy atom. The number of ether oxygens (including phenoxy) is 1. The van der Waals surface area contributed by atoms with E-state index in [0.29, 0.717) is 42.2 Å². The van der Waals surface area contributed by atoms with E-state index >= 15 is 0 Å². The quantitative estimate of drug-likeness (QED) is 0.829. The van der Waals surface area contributed by atoms with Crippen molar-refractivity contribution in [1.82, 2.24) is 20.0 Å². The van der Waals surface area contributed by atoms with E-state index < -0.39 is 0 Å². The Balaban J connectivity index is 1.63. The second-order valence-electron chi connectivity index (χ2n) is 6.86. The van der Waals surface area contributed by atoms with Gasteiger partial charge < -0.3 is 14.2 Å². The van der Waals surface area contributed by atoms with Gasteiger partial charge in [0.2, 0.25) is 11.8 Å². The number of nitrogens with zero attached hydrogens (tertiary/aromatic N) is 4. The van der Waals surface area contributed by atoms with Crippen LogP contribution in [0.15, 0.2) is 22.9 Å². The first-order chi connectivity index (χ1) is 12.0. The first kappa shape index (κ1) is 17.4. The minimum atomic E-state index is -0.0242. The molecule has 0 saturated carbocycles. The molecule has 3 rings (SSSR count). The molecule has 1 saturated heterocycles. The first-order valence-electron chi connectivity index (χ1n) is 8.71. The highest BCUT2D eigenvalue weighted by Gasteiger charge is 2.28. The van der Waals surface area contributed by atoms with Crippen LogP contribution in [0.5, 0.6) is 5.88 Å². The number of amides is 1. The molecule has 1 fully saturated rings. The number of piperidine rings is 1. The Hall–Kier alpha value is -2.44. The van der Waals surface area contributed by atoms with Gasteiger partial charge in [0.15, 0.2) is 5.82 Å². The van der Waals surface area contributed by atoms with Crippen molar-refractivity contribution >= 4 is 5.91 Å². The highest BCUT2D eigenvalue weighted by molar-refractivity contribution is 5.94. The summed E-state index contributed by atoms with van der Waals surface area (Å²) < 4.78 is 10.8. The maximum Gasteiger partial charge on any atom is 0.255 e. The SMILES string of the molecule is Cc1noc([C@@H]2CCCN(C(=O)c3ccc(OCC(C)C)nc3)C2)n1. The van der Waals surface area contributed by atoms with E-state index in [1.54, 1.807) is 25.3 Å². The molecule has 3 heterocycles. The lowest BCUT2D eigenvalue weighted by Gasteiger charge is -2.31. The first-order valence-corrected chi connectivity index (χ1v) is 8.71. The van der Waals surface area contributed by atoms with Crippen LogP contribution >= 0.6 is 0 Å². The summed E-state index contributed by atoms with van der Waals surface area (Å²) in [5, 5.41) is 3.85. The summed E-state index contributed by atoms with van der Waals surface area (Å²) in [6, 6.07) is 3.52. The second kappa shape index (κ2) is 7.63. The smallest absolute Gasteiger partial charge is 0.255 e. The summed E-state index contributed by atoms with van der Waals surface area (Å²) in [5.41, 5.74) is 0.569. The largest absolute Gasteiger partial charge is 0.477 e. The molecule has 7 heteroatoms. The maximum atomic E-state index is 12.7. The van der Waals surface area contributed by atoms with Crippen LogP contribution in [0.1, 0.15) is 54.7 Å². The van der Waals surface area contributed by atoms with Crippen molar-refractivity contribution in [3.63, 3.8) is 0 Å². The van der Waals surface area contributed by atoms with Gasteiger partial charge in [-0.15, -0.1) is 0 Å². The van der Waals surface area contributed by atoms with Crippen LogP contribution in [0.25, 0.3) is 0 Å². The average molecular weight is 344 g/mol. The van der Waals surface area contributed by atoms with Crippen LogP contribution < -0.4 is 4.74 Å². The minimum absolute atomic E-state index is 0.0242. The highest BCUT2D eigenvalue weighted by Crippen LogP contribution is 2.26. The van der Waals surface area contributed by atoms with Gasteiger partial charge in [-0.3, -0.25) is 4.79 Å². The van der Waals surface area contributed by atoms with Gasteiger partial charge in [0.1, 0.15) is 0 Å². The van der Waals surface area contributed by atoms with Crippen molar-refractivity contribution in [2.45, 2.75) is 39.5 Å². The van der Waals surface area contributed by atoms with Crippen LogP contribution in [-0.2, 0) is 0 Å². The molecule has 1 aliphatic rings. The monoisotopic (exact) mass is 344 g/mol. The minimum Gasteiger partial charge on any atom is -0.477 e. The molecule has 0 bridgehead atoms. The van der Waals surface area contributed by atoms with E-state index in [-0.39, 0.29) is 11.8 Å². The van der Waals surface area contributed by atoms with Crippen LogP contribution in [0.2, 0.25) is 0 Å². The van der Waals surface area contributed by atoms with Gasteiger partial charge in [-0.2, -0.15) is 4.98 Å². The Morgan fingerprint density at radius 1 is 1.44 bits per heavy atom. The van der Waals surface area contributed by atoms with Crippen LogP contribution in [-0.4, -0.2) is 45.6 Å². The van der Waals surface area contributed by atoms with Crippen molar-refractivity contribution in [2.24, 2.45) is 5.92 Å². The molecule has 25 heavy (non-hydrogen) atoms. The van der Waals surface area contributed by atoms with E-state index in [2.05, 4.69) is 29.0 Å². The zero-order chi connectivity index (χ0) is 17.8. The van der Waals surface area contributed by atoms with Crippen molar-refractivity contribution in [2.75, 3.05) is 19.7 Å². The molecule has 1 atom stereocenters. The van der Waals surface area contributed by atoms with Gasteiger partial charge >= 0.3 is 0 Å². The van der Waals surface area contributed by atoms with Gasteiger partial charge in [-0.05, 0) is 31.7 Å². The summed E-state index contributed by atoms with van der Waals surface area (Å²) in [6.07, 6.45) is 3.45. The lowest BCUT2D eigenvalue weighted by molar-refractivity contribution is 0.0695. The molecule has 0 unspecified atom stereocenters. The normalized spacial score (nSPS) is 17.8. The van der Waals surface area contributed by atoms with Crippen molar-refractivity contribution < 1.29 is 14.1 Å². The summed E-state index contributed by atoms with van der Waals surface area (Å²) in [5.74, 6) is 2.29. The Labute approximate surface area is 147 Å². The molecule has 0 aromatic carbocycles. The number of hydrogen-bond donors (Lipinski definition) is 0. The third-order valence-electron chi connectivity index (χ3n) is 4.15. The Kier molecular flexibility index (Phi) is 5.31. The highest BCUT2D eigenvalue weighted by atomic mass is 16.5. The van der Waals surface area contributed by atoms with Gasteiger partial charge in [-0.25, -0.2) is 4.98 Å². The number of hydrogen-bond acceptors (Lipinski definition) is 6. The van der Waals surface area contributed by atoms with E-state index in [4.69, 9.17) is 9.26 Å². The molecule has 1 aliphatic heterocycles. The van der Waals surface area contributed by atoms with Crippen molar-refractivity contribution in [3.05, 3.63) is 35.6 Å². The predicted octanol–water partition coefficient (Wildman–Crippen LogP) is 2.83. The summed E-state index contributed by atoms with van der Waals surface area (Å²) in [7, 11) is 0. The summed E-state index contributed by atoms with van der Waals surface area (Å²) in [6.45, 7) is 7.89. The number of pyridine rings is 1. The molecular formula is C18H24N4O3. The number of carbonyl (C=O) groups is 1. The van der Waals surface area contributed by atoms with Gasteiger partial charge in [0.25, 0.3) is 5.91 Å². The molecule has 7 nitrogen and oxygen atoms in total. The van der Waals surface area contributed by atoms with Crippen molar-refractivity contribution in [1.29, 1.82) is 0 Å². The fourth-order valence-electron chi connectivity index (χ4n) is 2.87. The number of aryl methyl sites for hydroxylation is 1. The molecule has 0 spiro atoms. The predicted molar refractivity (Wildman–Crippen MR) is 91.5 cm³/mol. The van der Waals surface area contributed by atoms with Crippen LogP contribution in [0, 0.1) is 12.8 Å². The second-order valence-corrected chi connectivity index (χ2v) is 6.86. The number of aromatic nitrogens is 3. The molecule has 1 amide bonds. The molecule has 0 N–H and O–H groups in total. The molecular weight excluding hydrogens is 320 g/mol. The van der Waals surface area contributed by atoms with Gasteiger partial charge in [-0.1, -0.05) is 19.0 Å². The fourth-order valence-corrected chi connectivity index (χ4v) is 2.87. The fraction of sp³-hybridized carbons (Fsp3) is 0.556. The molecule has 2 aromatic heterocycles. The number of rotatable bonds is 5. The zero-order valence-corrected chi connectivity index (χ0v) is 14.9. The molecule has 0 radical (unpaired) electrons. The molecule has 134 valence electrons. The van der Waals surface area contributed by atoms with Crippen LogP contribution in [0.3, 0.4) is 0 Å². The third-order valence-corrected chi connectivity index (χ3v) is 4.15. The number of likely N-dealkylation sites (tertiary alicyclic amines) is 1. The third kappa shape index (κ3) is 4.35. The zero-order valence-electron chi connectivity index (χ0n) is 14.9. The number of carbonyl (C=O) groups excluding carboxylic acids is 1. The van der Waals surface area contributed by atoms with E-state index in [1.807, 2.05) is 4.90 Å². The van der Waals surface area contributed by atoms with E-state index in [9.17, 15) is 4.79 Å². The lowest BCUT2D eigenvalue weighted by Crippen LogP contribution is -2.39. The van der Waals surface area contributed by atoms with E-state index in [1.165, 1.54) is 0 Å². The lowest BCUT2D eigenvalue weighted by atomic mass is 9.97. The summed E-state index contributed by atoms with van der Waals surface area (Å²) in [4.78, 5) is 23.1. The van der Waals surface area contributed by atoms with Gasteiger partial charge in [0.05, 0.1) is 18.1 Å². The summed E-state index contributed by atoms with van der Waals surface area (Å²) >= 11 is 0. The van der Waals surface area contributed by atoms with Crippen molar-refractivity contribution in [3.8, 4) is 5.88 Å². The standard InChI is InChI=1S/C18H24N4O3/c1-12(2)11-24-16-7-6-14(9-19-16)18(23)22-8-4-5-15(10-22)17-20-13(3)21-25-17/h6-7,9,12,15H,4-5,8,10-11H2,1-3H3/t15-/m1/s1. The Morgan fingerprint density at radius 2 is 2.28 bits per heavy atom. The van der Waals surface area contributed by atoms with Gasteiger partial charge in [0, 0.05) is 25.4 Å². The molecule has 2 aromatic rings. The van der Waals surface area contributed by atoms with E-state index in [0.717, 1.165) is 19.4 Å². The molecule has 0 aliphatic carbocycles. The maximum absolute atomic E-state index is 12.7. The Bertz CT molecular complexity index is 711. The van der Waals surface area contributed by atoms with Crippen LogP contribution in [0.4, 0.5) is 0 Å². The topological polar surface area (TPSA) is 81.4 Å².